The van der Waals surface area contributed by atoms with Gasteiger partial charge in [-0.25, -0.2) is 8.42 Å². The first kappa shape index (κ1) is 18.2. The fourth-order valence-corrected chi connectivity index (χ4v) is 6.01. The first-order valence-electron chi connectivity index (χ1n) is 7.52. The van der Waals surface area contributed by atoms with Gasteiger partial charge in [0.2, 0.25) is 0 Å². The average molecular weight is 396 g/mol. The van der Waals surface area contributed by atoms with Crippen LogP contribution in [0.1, 0.15) is 11.5 Å². The lowest BCUT2D eigenvalue weighted by molar-refractivity contribution is 0.162. The minimum absolute atomic E-state index is 0.0260. The van der Waals surface area contributed by atoms with Crippen molar-refractivity contribution in [2.24, 2.45) is 5.41 Å². The van der Waals surface area contributed by atoms with Crippen LogP contribution in [0.25, 0.3) is 0 Å². The molecular weight excluding hydrogens is 381 g/mol. The number of sulfone groups is 1. The molecule has 0 saturated heterocycles. The van der Waals surface area contributed by atoms with Crippen LogP contribution in [0.5, 0.6) is 0 Å². The molecule has 0 aliphatic heterocycles. The standard InChI is InChI=1S/C18H15Cl2NO3S/c1-24-11-18(10-21)16(12-3-2-4-14(20)9-12)17(18)25(22,23)15-7-5-13(19)6-8-15/h2-9,16-17H,11H2,1H3/t16-,17-,18-/m1/s1. The average Bonchev–Trinajstić information content (AvgIpc) is 3.26. The molecule has 3 atom stereocenters. The Morgan fingerprint density at radius 3 is 2.40 bits per heavy atom. The smallest absolute Gasteiger partial charge is 0.183 e. The van der Waals surface area contributed by atoms with Gasteiger partial charge in [-0.15, -0.1) is 0 Å². The Labute approximate surface area is 156 Å². The number of benzene rings is 2. The van der Waals surface area contributed by atoms with Crippen molar-refractivity contribution in [1.82, 2.24) is 0 Å². The van der Waals surface area contributed by atoms with E-state index < -0.39 is 26.4 Å². The minimum Gasteiger partial charge on any atom is -0.383 e. The molecule has 0 bridgehead atoms. The van der Waals surface area contributed by atoms with Gasteiger partial charge in [0.25, 0.3) is 0 Å². The zero-order valence-electron chi connectivity index (χ0n) is 13.3. The quantitative estimate of drug-likeness (QED) is 0.764. The van der Waals surface area contributed by atoms with Gasteiger partial charge in [-0.1, -0.05) is 35.3 Å². The topological polar surface area (TPSA) is 67.2 Å². The highest BCUT2D eigenvalue weighted by Crippen LogP contribution is 2.64. The molecule has 1 fully saturated rings. The molecular formula is C18H15Cl2NO3S. The second-order valence-corrected chi connectivity index (χ2v) is 8.98. The van der Waals surface area contributed by atoms with E-state index in [-0.39, 0.29) is 11.5 Å². The van der Waals surface area contributed by atoms with Gasteiger partial charge in [-0.2, -0.15) is 5.26 Å². The lowest BCUT2D eigenvalue weighted by atomic mass is 10.0. The summed E-state index contributed by atoms with van der Waals surface area (Å²) in [4.78, 5) is 0.141. The maximum Gasteiger partial charge on any atom is 0.183 e. The van der Waals surface area contributed by atoms with Crippen LogP contribution < -0.4 is 0 Å². The molecule has 4 nitrogen and oxygen atoms in total. The van der Waals surface area contributed by atoms with Gasteiger partial charge < -0.3 is 4.74 Å². The van der Waals surface area contributed by atoms with E-state index in [9.17, 15) is 13.7 Å². The van der Waals surface area contributed by atoms with Crippen LogP contribution in [0.2, 0.25) is 10.0 Å². The third-order valence-corrected chi connectivity index (χ3v) is 7.31. The Morgan fingerprint density at radius 1 is 1.16 bits per heavy atom. The van der Waals surface area contributed by atoms with Crippen LogP contribution in [0, 0.1) is 16.7 Å². The SMILES string of the molecule is COC[C@]1(C#N)[C@H](c2cccc(Cl)c2)[C@H]1S(=O)(=O)c1ccc(Cl)cc1. The van der Waals surface area contributed by atoms with Crippen molar-refractivity contribution < 1.29 is 13.2 Å². The van der Waals surface area contributed by atoms with Crippen molar-refractivity contribution in [3.8, 4) is 6.07 Å². The first-order valence-corrected chi connectivity index (χ1v) is 9.82. The molecule has 1 aliphatic carbocycles. The van der Waals surface area contributed by atoms with Gasteiger partial charge in [-0.3, -0.25) is 0 Å². The van der Waals surface area contributed by atoms with E-state index in [0.29, 0.717) is 15.6 Å². The van der Waals surface area contributed by atoms with Gasteiger partial charge in [-0.05, 0) is 42.0 Å². The maximum absolute atomic E-state index is 13.1. The van der Waals surface area contributed by atoms with E-state index in [1.54, 1.807) is 24.3 Å². The summed E-state index contributed by atoms with van der Waals surface area (Å²) in [5.41, 5.74) is -0.425. The van der Waals surface area contributed by atoms with Crippen molar-refractivity contribution >= 4 is 33.0 Å². The number of nitrogens with zero attached hydrogens (tertiary/aromatic N) is 1. The molecule has 1 aliphatic rings. The van der Waals surface area contributed by atoms with E-state index >= 15 is 0 Å². The molecule has 0 aromatic heterocycles. The van der Waals surface area contributed by atoms with E-state index in [2.05, 4.69) is 6.07 Å². The Kier molecular flexibility index (Phi) is 4.82. The summed E-state index contributed by atoms with van der Waals surface area (Å²) in [6, 6.07) is 15.1. The zero-order valence-corrected chi connectivity index (χ0v) is 15.6. The maximum atomic E-state index is 13.1. The largest absolute Gasteiger partial charge is 0.383 e. The molecule has 25 heavy (non-hydrogen) atoms. The summed E-state index contributed by atoms with van der Waals surface area (Å²) in [6.07, 6.45) is 0. The van der Waals surface area contributed by atoms with Gasteiger partial charge in [0.1, 0.15) is 5.41 Å². The lowest BCUT2D eigenvalue weighted by Gasteiger charge is -2.08. The van der Waals surface area contributed by atoms with Gasteiger partial charge >= 0.3 is 0 Å². The summed E-state index contributed by atoms with van der Waals surface area (Å²) in [7, 11) is -2.28. The highest BCUT2D eigenvalue weighted by Gasteiger charge is 2.72. The van der Waals surface area contributed by atoms with E-state index in [1.807, 2.05) is 0 Å². The van der Waals surface area contributed by atoms with Crippen LogP contribution in [0.4, 0.5) is 0 Å². The van der Waals surface area contributed by atoms with Crippen molar-refractivity contribution in [2.75, 3.05) is 13.7 Å². The molecule has 7 heteroatoms. The number of halogens is 2. The van der Waals surface area contributed by atoms with Gasteiger partial charge in [0, 0.05) is 23.1 Å². The lowest BCUT2D eigenvalue weighted by Crippen LogP contribution is -2.19. The van der Waals surface area contributed by atoms with E-state index in [0.717, 1.165) is 0 Å². The molecule has 0 amide bonds. The normalized spacial score (nSPS) is 25.4. The minimum atomic E-state index is -3.74. The fraction of sp³-hybridized carbons (Fsp3) is 0.278. The number of hydrogen-bond donors (Lipinski definition) is 0. The Hall–Kier alpha value is -1.58. The molecule has 1 saturated carbocycles. The predicted molar refractivity (Wildman–Crippen MR) is 96.5 cm³/mol. The summed E-state index contributed by atoms with van der Waals surface area (Å²) < 4.78 is 31.5. The zero-order chi connectivity index (χ0) is 18.2. The number of hydrogen-bond acceptors (Lipinski definition) is 4. The molecule has 0 radical (unpaired) electrons. The van der Waals surface area contributed by atoms with E-state index in [1.165, 1.54) is 31.4 Å². The number of methoxy groups -OCH3 is 1. The number of nitriles is 1. The Bertz CT molecular complexity index is 938. The molecule has 0 unspecified atom stereocenters. The van der Waals surface area contributed by atoms with Crippen molar-refractivity contribution in [3.63, 3.8) is 0 Å². The van der Waals surface area contributed by atoms with Crippen molar-refractivity contribution in [1.29, 1.82) is 5.26 Å². The first-order chi connectivity index (χ1) is 11.9. The van der Waals surface area contributed by atoms with Crippen LogP contribution in [-0.4, -0.2) is 27.4 Å². The highest BCUT2D eigenvalue weighted by molar-refractivity contribution is 7.92. The fourth-order valence-electron chi connectivity index (χ4n) is 3.38. The number of rotatable bonds is 5. The third kappa shape index (κ3) is 3.04. The molecule has 0 N–H and O–H groups in total. The third-order valence-electron chi connectivity index (χ3n) is 4.53. The van der Waals surface area contributed by atoms with Crippen LogP contribution in [0.15, 0.2) is 53.4 Å². The molecule has 2 aromatic carbocycles. The monoisotopic (exact) mass is 395 g/mol. The summed E-state index contributed by atoms with van der Waals surface area (Å²) in [5.74, 6) is -0.503. The predicted octanol–water partition coefficient (Wildman–Crippen LogP) is 4.09. The van der Waals surface area contributed by atoms with Gasteiger partial charge in [0.15, 0.2) is 9.84 Å². The molecule has 3 rings (SSSR count). The molecule has 2 aromatic rings. The Morgan fingerprint density at radius 2 is 1.84 bits per heavy atom. The highest BCUT2D eigenvalue weighted by atomic mass is 35.5. The molecule has 130 valence electrons. The summed E-state index contributed by atoms with van der Waals surface area (Å²) in [6.45, 7) is 0.0260. The van der Waals surface area contributed by atoms with Crippen molar-refractivity contribution in [2.45, 2.75) is 16.1 Å². The van der Waals surface area contributed by atoms with Gasteiger partial charge in [0.05, 0.1) is 22.8 Å². The van der Waals surface area contributed by atoms with Crippen LogP contribution in [0.3, 0.4) is 0 Å². The molecule has 0 spiro atoms. The summed E-state index contributed by atoms with van der Waals surface area (Å²) in [5, 5.41) is 9.81. The Balaban J connectivity index is 2.09. The van der Waals surface area contributed by atoms with Crippen LogP contribution in [-0.2, 0) is 14.6 Å². The molecule has 0 heterocycles. The second kappa shape index (κ2) is 6.62. The van der Waals surface area contributed by atoms with Crippen molar-refractivity contribution in [3.05, 3.63) is 64.1 Å². The van der Waals surface area contributed by atoms with E-state index in [4.69, 9.17) is 27.9 Å². The second-order valence-electron chi connectivity index (χ2n) is 6.04. The summed E-state index contributed by atoms with van der Waals surface area (Å²) >= 11 is 11.9. The number of ether oxygens (including phenoxy) is 1. The van der Waals surface area contributed by atoms with Crippen LogP contribution >= 0.6 is 23.2 Å².